The molecule has 0 atom stereocenters. The van der Waals surface area contributed by atoms with Crippen LogP contribution in [-0.4, -0.2) is 19.6 Å². The number of nitrogens with one attached hydrogen (secondary N) is 1. The van der Waals surface area contributed by atoms with Crippen LogP contribution in [0.15, 0.2) is 24.3 Å². The third-order valence-electron chi connectivity index (χ3n) is 3.77. The summed E-state index contributed by atoms with van der Waals surface area (Å²) in [4.78, 5) is 13.2. The maximum atomic E-state index is 12.2. The Hall–Kier alpha value is -1.10. The Morgan fingerprint density at radius 1 is 1.45 bits per heavy atom. The lowest BCUT2D eigenvalue weighted by atomic mass is 10.1. The smallest absolute Gasteiger partial charge is 0.228 e. The summed E-state index contributed by atoms with van der Waals surface area (Å²) in [7, 11) is 1.64. The minimum Gasteiger partial charge on any atom is -0.384 e. The first-order chi connectivity index (χ1) is 9.66. The second kappa shape index (κ2) is 5.35. The number of ether oxygens (including phenoxy) is 1. The molecule has 0 saturated heterocycles. The Bertz CT molecular complexity index is 648. The van der Waals surface area contributed by atoms with Crippen LogP contribution in [-0.2, 0) is 16.1 Å². The molecule has 3 rings (SSSR count). The van der Waals surface area contributed by atoms with Gasteiger partial charge in [0.05, 0.1) is 23.6 Å². The third kappa shape index (κ3) is 2.43. The van der Waals surface area contributed by atoms with Crippen molar-refractivity contribution in [3.05, 3.63) is 34.2 Å². The van der Waals surface area contributed by atoms with Gasteiger partial charge in [0.15, 0.2) is 0 Å². The molecular weight excluding hydrogens is 294 g/mol. The monoisotopic (exact) mass is 309 g/mol. The number of halogens is 1. The zero-order valence-electron chi connectivity index (χ0n) is 11.2. The highest BCUT2D eigenvalue weighted by Crippen LogP contribution is 2.46. The topological polar surface area (TPSA) is 38.3 Å². The van der Waals surface area contributed by atoms with E-state index in [0.717, 1.165) is 32.8 Å². The summed E-state index contributed by atoms with van der Waals surface area (Å²) in [5.41, 5.74) is -0.294. The van der Waals surface area contributed by atoms with Crippen LogP contribution in [0.2, 0.25) is 5.02 Å². The summed E-state index contributed by atoms with van der Waals surface area (Å²) in [6, 6.07) is 8.02. The van der Waals surface area contributed by atoms with E-state index in [2.05, 4.69) is 5.32 Å². The van der Waals surface area contributed by atoms with Crippen molar-refractivity contribution >= 4 is 38.9 Å². The van der Waals surface area contributed by atoms with Crippen LogP contribution in [0, 0.1) is 5.41 Å². The van der Waals surface area contributed by atoms with Crippen molar-refractivity contribution in [1.29, 1.82) is 0 Å². The zero-order chi connectivity index (χ0) is 14.2. The highest BCUT2D eigenvalue weighted by Gasteiger charge is 2.49. The number of rotatable bonds is 5. The average Bonchev–Trinajstić information content (AvgIpc) is 3.17. The summed E-state index contributed by atoms with van der Waals surface area (Å²) < 4.78 is 6.28. The van der Waals surface area contributed by atoms with Gasteiger partial charge >= 0.3 is 0 Å². The van der Waals surface area contributed by atoms with Gasteiger partial charge in [0, 0.05) is 22.1 Å². The quantitative estimate of drug-likeness (QED) is 0.916. The van der Waals surface area contributed by atoms with Crippen LogP contribution < -0.4 is 5.32 Å². The van der Waals surface area contributed by atoms with Crippen molar-refractivity contribution in [3.63, 3.8) is 0 Å². The first kappa shape index (κ1) is 13.9. The van der Waals surface area contributed by atoms with Crippen molar-refractivity contribution in [3.8, 4) is 0 Å². The van der Waals surface area contributed by atoms with Crippen molar-refractivity contribution in [2.24, 2.45) is 5.41 Å². The highest BCUT2D eigenvalue weighted by atomic mass is 35.5. The molecule has 3 nitrogen and oxygen atoms in total. The molecule has 1 N–H and O–H groups in total. The number of hydrogen-bond acceptors (Lipinski definition) is 3. The first-order valence-electron chi connectivity index (χ1n) is 6.59. The fraction of sp³-hybridized carbons (Fsp3) is 0.400. The predicted octanol–water partition coefficient (Wildman–Crippen LogP) is 3.60. The van der Waals surface area contributed by atoms with Gasteiger partial charge in [0.1, 0.15) is 0 Å². The third-order valence-corrected chi connectivity index (χ3v) is 5.48. The van der Waals surface area contributed by atoms with E-state index in [0.29, 0.717) is 13.2 Å². The fourth-order valence-corrected chi connectivity index (χ4v) is 3.83. The van der Waals surface area contributed by atoms with Crippen LogP contribution in [0.25, 0.3) is 10.1 Å². The lowest BCUT2D eigenvalue weighted by molar-refractivity contribution is -0.128. The van der Waals surface area contributed by atoms with E-state index in [1.807, 2.05) is 24.3 Å². The molecule has 1 aromatic heterocycles. The maximum absolute atomic E-state index is 12.2. The molecule has 1 aliphatic carbocycles. The van der Waals surface area contributed by atoms with Crippen molar-refractivity contribution in [2.75, 3.05) is 13.7 Å². The van der Waals surface area contributed by atoms with Gasteiger partial charge in [-0.1, -0.05) is 29.8 Å². The second-order valence-electron chi connectivity index (χ2n) is 5.23. The molecule has 5 heteroatoms. The summed E-state index contributed by atoms with van der Waals surface area (Å²) in [5.74, 6) is 0.0767. The van der Waals surface area contributed by atoms with Gasteiger partial charge in [0.2, 0.25) is 5.91 Å². The second-order valence-corrected chi connectivity index (χ2v) is 6.75. The summed E-state index contributed by atoms with van der Waals surface area (Å²) in [5, 5.41) is 4.80. The number of amides is 1. The van der Waals surface area contributed by atoms with Gasteiger partial charge in [-0.15, -0.1) is 11.3 Å². The van der Waals surface area contributed by atoms with Gasteiger partial charge < -0.3 is 10.1 Å². The van der Waals surface area contributed by atoms with Crippen LogP contribution in [0.5, 0.6) is 0 Å². The lowest BCUT2D eigenvalue weighted by Gasteiger charge is -2.13. The van der Waals surface area contributed by atoms with Crippen LogP contribution >= 0.6 is 22.9 Å². The molecule has 0 bridgehead atoms. The fourth-order valence-electron chi connectivity index (χ4n) is 2.39. The number of carbonyl (C=O) groups excluding carboxylic acids is 1. The van der Waals surface area contributed by atoms with Crippen LogP contribution in [0.1, 0.15) is 17.7 Å². The van der Waals surface area contributed by atoms with E-state index in [1.54, 1.807) is 18.4 Å². The molecule has 20 heavy (non-hydrogen) atoms. The van der Waals surface area contributed by atoms with Crippen LogP contribution in [0.4, 0.5) is 0 Å². The molecule has 0 radical (unpaired) electrons. The molecule has 1 amide bonds. The molecule has 0 spiro atoms. The van der Waals surface area contributed by atoms with Crippen molar-refractivity contribution in [2.45, 2.75) is 19.4 Å². The van der Waals surface area contributed by atoms with Gasteiger partial charge in [-0.2, -0.15) is 0 Å². The number of methoxy groups -OCH3 is 1. The molecule has 0 aliphatic heterocycles. The number of benzene rings is 1. The Balaban J connectivity index is 1.71. The Labute approximate surface area is 126 Å². The standard InChI is InChI=1S/C15H16ClNO2S/c1-19-9-15(6-7-15)14(18)17-8-12-13(16)10-4-2-3-5-11(10)20-12/h2-5H,6-9H2,1H3,(H,17,18). The molecule has 2 aromatic rings. The van der Waals surface area contributed by atoms with E-state index in [1.165, 1.54) is 0 Å². The number of fused-ring (bicyclic) bond motifs is 1. The van der Waals surface area contributed by atoms with E-state index < -0.39 is 0 Å². The number of thiophene rings is 1. The molecule has 1 heterocycles. The van der Waals surface area contributed by atoms with Gasteiger partial charge in [-0.3, -0.25) is 4.79 Å². The summed E-state index contributed by atoms with van der Waals surface area (Å²) >= 11 is 8.00. The molecule has 106 valence electrons. The van der Waals surface area contributed by atoms with Gasteiger partial charge in [-0.25, -0.2) is 0 Å². The lowest BCUT2D eigenvalue weighted by Crippen LogP contribution is -2.34. The minimum atomic E-state index is -0.294. The Morgan fingerprint density at radius 2 is 2.20 bits per heavy atom. The Kier molecular flexibility index (Phi) is 3.71. The molecule has 0 unspecified atom stereocenters. The van der Waals surface area contributed by atoms with Gasteiger partial charge in [-0.05, 0) is 18.9 Å². The number of carbonyl (C=O) groups is 1. The minimum absolute atomic E-state index is 0.0767. The molecular formula is C15H16ClNO2S. The van der Waals surface area contributed by atoms with Crippen molar-refractivity contribution < 1.29 is 9.53 Å². The highest BCUT2D eigenvalue weighted by molar-refractivity contribution is 7.19. The predicted molar refractivity (Wildman–Crippen MR) is 82.2 cm³/mol. The van der Waals surface area contributed by atoms with Crippen molar-refractivity contribution in [1.82, 2.24) is 5.32 Å². The van der Waals surface area contributed by atoms with Gasteiger partial charge in [0.25, 0.3) is 0 Å². The molecule has 1 aliphatic rings. The number of hydrogen-bond donors (Lipinski definition) is 1. The van der Waals surface area contributed by atoms with E-state index >= 15 is 0 Å². The first-order valence-corrected chi connectivity index (χ1v) is 7.79. The SMILES string of the molecule is COCC1(C(=O)NCc2sc3ccccc3c2Cl)CC1. The van der Waals surface area contributed by atoms with E-state index in [9.17, 15) is 4.79 Å². The van der Waals surface area contributed by atoms with Crippen LogP contribution in [0.3, 0.4) is 0 Å². The van der Waals surface area contributed by atoms with E-state index in [4.69, 9.17) is 16.3 Å². The zero-order valence-corrected chi connectivity index (χ0v) is 12.8. The average molecular weight is 310 g/mol. The summed E-state index contributed by atoms with van der Waals surface area (Å²) in [6.45, 7) is 0.988. The molecule has 1 aromatic carbocycles. The molecule has 1 saturated carbocycles. The maximum Gasteiger partial charge on any atom is 0.228 e. The summed E-state index contributed by atoms with van der Waals surface area (Å²) in [6.07, 6.45) is 1.82. The van der Waals surface area contributed by atoms with E-state index in [-0.39, 0.29) is 11.3 Å². The largest absolute Gasteiger partial charge is 0.384 e. The Morgan fingerprint density at radius 3 is 2.85 bits per heavy atom. The normalized spacial score (nSPS) is 16.3. The molecule has 1 fully saturated rings.